The van der Waals surface area contributed by atoms with E-state index in [4.69, 9.17) is 14.0 Å². The van der Waals surface area contributed by atoms with Gasteiger partial charge in [-0.1, -0.05) is 34.6 Å². The number of benzene rings is 3. The summed E-state index contributed by atoms with van der Waals surface area (Å²) in [7, 11) is 2.81. The Kier molecular flexibility index (Phi) is 8.21. The van der Waals surface area contributed by atoms with Crippen LogP contribution in [0.1, 0.15) is 23.0 Å². The number of hydrogen-bond acceptors (Lipinski definition) is 12. The zero-order valence-electron chi connectivity index (χ0n) is 25.1. The summed E-state index contributed by atoms with van der Waals surface area (Å²) in [5, 5.41) is 30.9. The molecule has 0 saturated heterocycles. The van der Waals surface area contributed by atoms with Crippen molar-refractivity contribution in [2.75, 3.05) is 19.5 Å². The Morgan fingerprint density at radius 3 is 2.53 bits per heavy atom. The largest absolute Gasteiger partial charge is 0.497 e. The Bertz CT molecular complexity index is 2120. The lowest BCUT2D eigenvalue weighted by molar-refractivity contribution is -0.384. The second-order valence-electron chi connectivity index (χ2n) is 10.1. The molecule has 6 aromatic rings. The maximum atomic E-state index is 13.2. The van der Waals surface area contributed by atoms with E-state index in [1.54, 1.807) is 36.2 Å². The minimum absolute atomic E-state index is 0.00460. The molecule has 0 aliphatic heterocycles. The molecule has 0 radical (unpaired) electrons. The summed E-state index contributed by atoms with van der Waals surface area (Å²) in [5.41, 5.74) is 2.87. The van der Waals surface area contributed by atoms with Crippen LogP contribution in [0.3, 0.4) is 0 Å². The summed E-state index contributed by atoms with van der Waals surface area (Å²) < 4.78 is 18.8. The van der Waals surface area contributed by atoms with Gasteiger partial charge in [0.2, 0.25) is 11.7 Å². The molecule has 0 saturated carbocycles. The zero-order chi connectivity index (χ0) is 33.1. The summed E-state index contributed by atoms with van der Waals surface area (Å²) in [6.45, 7) is 1.74. The van der Waals surface area contributed by atoms with Gasteiger partial charge in [-0.2, -0.15) is 10.1 Å². The Balaban J connectivity index is 1.38. The number of esters is 1. The molecule has 1 N–H and O–H groups in total. The molecule has 16 nitrogen and oxygen atoms in total. The van der Waals surface area contributed by atoms with Crippen LogP contribution in [-0.2, 0) is 16.1 Å². The smallest absolute Gasteiger partial charge is 0.359 e. The quantitative estimate of drug-likeness (QED) is 0.125. The van der Waals surface area contributed by atoms with E-state index in [0.717, 1.165) is 11.3 Å². The highest BCUT2D eigenvalue weighted by Crippen LogP contribution is 2.34. The number of ether oxygens (including phenoxy) is 2. The fourth-order valence-corrected chi connectivity index (χ4v) is 4.77. The van der Waals surface area contributed by atoms with Crippen molar-refractivity contribution >= 4 is 23.3 Å². The predicted octanol–water partition coefficient (Wildman–Crippen LogP) is 4.56. The van der Waals surface area contributed by atoms with Gasteiger partial charge in [0.05, 0.1) is 37.6 Å². The van der Waals surface area contributed by atoms with E-state index in [-0.39, 0.29) is 34.5 Å². The minimum Gasteiger partial charge on any atom is -0.497 e. The standard InChI is InChI=1S/C31H25N9O7/c1-18(41)32-26-27(29-33-30(47-36-29)20-10-12-22(13-11-20)40(43)44)35-39(28(26)31(42)46-3)23-8-5-7-21(15-23)25-17-38(37-34-25)16-19-6-4-9-24(14-19)45-2/h4-15,17H,16H2,1-3H3,(H,32,41). The first kappa shape index (κ1) is 30.3. The summed E-state index contributed by atoms with van der Waals surface area (Å²) in [6.07, 6.45) is 1.79. The van der Waals surface area contributed by atoms with Crippen molar-refractivity contribution in [2.45, 2.75) is 13.5 Å². The third-order valence-electron chi connectivity index (χ3n) is 6.93. The second kappa shape index (κ2) is 12.7. The number of carbonyl (C=O) groups excluding carboxylic acids is 2. The lowest BCUT2D eigenvalue weighted by Crippen LogP contribution is -2.15. The van der Waals surface area contributed by atoms with Crippen LogP contribution < -0.4 is 10.1 Å². The number of non-ortho nitro benzene ring substituents is 1. The van der Waals surface area contributed by atoms with E-state index >= 15 is 0 Å². The minimum atomic E-state index is -0.791. The van der Waals surface area contributed by atoms with E-state index in [1.165, 1.54) is 43.0 Å². The lowest BCUT2D eigenvalue weighted by Gasteiger charge is -2.09. The Labute approximate surface area is 265 Å². The highest BCUT2D eigenvalue weighted by molar-refractivity contribution is 6.03. The van der Waals surface area contributed by atoms with Gasteiger partial charge >= 0.3 is 5.97 Å². The van der Waals surface area contributed by atoms with Gasteiger partial charge in [-0.15, -0.1) is 5.10 Å². The molecule has 6 rings (SSSR count). The Morgan fingerprint density at radius 1 is 1.02 bits per heavy atom. The number of rotatable bonds is 10. The lowest BCUT2D eigenvalue weighted by atomic mass is 10.1. The van der Waals surface area contributed by atoms with Gasteiger partial charge in [-0.25, -0.2) is 14.2 Å². The number of nitro groups is 1. The molecular formula is C31H25N9O7. The maximum Gasteiger partial charge on any atom is 0.359 e. The van der Waals surface area contributed by atoms with E-state index in [1.807, 2.05) is 30.3 Å². The predicted molar refractivity (Wildman–Crippen MR) is 166 cm³/mol. The average Bonchev–Trinajstić information content (AvgIpc) is 3.84. The van der Waals surface area contributed by atoms with Crippen molar-refractivity contribution in [1.82, 2.24) is 34.9 Å². The number of amides is 1. The van der Waals surface area contributed by atoms with E-state index in [0.29, 0.717) is 29.1 Å². The molecule has 3 heterocycles. The van der Waals surface area contributed by atoms with Gasteiger partial charge < -0.3 is 19.3 Å². The fourth-order valence-electron chi connectivity index (χ4n) is 4.77. The SMILES string of the molecule is COC(=O)c1c(NC(C)=O)c(-c2noc(-c3ccc([N+](=O)[O-])cc3)n2)nn1-c1cccc(-c2cn(Cc3cccc(OC)c3)nn2)c1. The third-order valence-corrected chi connectivity index (χ3v) is 6.93. The number of methoxy groups -OCH3 is 2. The molecule has 0 aliphatic carbocycles. The number of nitro benzene ring substituents is 1. The van der Waals surface area contributed by atoms with Crippen LogP contribution >= 0.6 is 0 Å². The molecule has 236 valence electrons. The molecule has 3 aromatic heterocycles. The van der Waals surface area contributed by atoms with Gasteiger partial charge in [-0.3, -0.25) is 14.9 Å². The summed E-state index contributed by atoms with van der Waals surface area (Å²) in [5.74, 6) is -0.560. The van der Waals surface area contributed by atoms with Crippen LogP contribution in [0.5, 0.6) is 5.75 Å². The van der Waals surface area contributed by atoms with Crippen LogP contribution in [-0.4, -0.2) is 65.9 Å². The molecule has 0 atom stereocenters. The number of anilines is 1. The molecule has 0 bridgehead atoms. The summed E-state index contributed by atoms with van der Waals surface area (Å²) in [4.78, 5) is 40.3. The van der Waals surface area contributed by atoms with Crippen LogP contribution in [0.15, 0.2) is 83.5 Å². The van der Waals surface area contributed by atoms with Gasteiger partial charge in [0.15, 0.2) is 11.4 Å². The van der Waals surface area contributed by atoms with Crippen molar-refractivity contribution in [3.8, 4) is 45.7 Å². The van der Waals surface area contributed by atoms with Gasteiger partial charge in [-0.05, 0) is 42.0 Å². The van der Waals surface area contributed by atoms with E-state index < -0.39 is 16.8 Å². The molecule has 0 unspecified atom stereocenters. The molecule has 3 aromatic carbocycles. The highest BCUT2D eigenvalue weighted by atomic mass is 16.6. The number of aromatic nitrogens is 7. The Hall–Kier alpha value is -6.71. The second-order valence-corrected chi connectivity index (χ2v) is 10.1. The molecule has 1 amide bonds. The molecule has 0 fully saturated rings. The van der Waals surface area contributed by atoms with Crippen molar-refractivity contribution < 1.29 is 28.5 Å². The molecule has 0 spiro atoms. The Morgan fingerprint density at radius 2 is 1.81 bits per heavy atom. The number of carbonyl (C=O) groups is 2. The van der Waals surface area contributed by atoms with E-state index in [9.17, 15) is 19.7 Å². The number of nitrogens with one attached hydrogen (secondary N) is 1. The van der Waals surface area contributed by atoms with Crippen LogP contribution in [0.25, 0.3) is 39.9 Å². The zero-order valence-corrected chi connectivity index (χ0v) is 25.1. The normalized spacial score (nSPS) is 10.9. The van der Waals surface area contributed by atoms with Crippen LogP contribution in [0.2, 0.25) is 0 Å². The van der Waals surface area contributed by atoms with Crippen LogP contribution in [0, 0.1) is 10.1 Å². The van der Waals surface area contributed by atoms with Gasteiger partial charge in [0.1, 0.15) is 17.1 Å². The molecular weight excluding hydrogens is 610 g/mol. The van der Waals surface area contributed by atoms with Crippen molar-refractivity contribution in [3.05, 3.63) is 100 Å². The number of hydrogen-bond donors (Lipinski definition) is 1. The average molecular weight is 636 g/mol. The topological polar surface area (TPSA) is 195 Å². The first-order chi connectivity index (χ1) is 22.7. The van der Waals surface area contributed by atoms with Gasteiger partial charge in [0.25, 0.3) is 11.6 Å². The molecule has 0 aliphatic rings. The summed E-state index contributed by atoms with van der Waals surface area (Å²) in [6, 6.07) is 20.2. The fraction of sp³-hybridized carbons (Fsp3) is 0.129. The number of nitrogens with zero attached hydrogens (tertiary/aromatic N) is 8. The van der Waals surface area contributed by atoms with E-state index in [2.05, 4.69) is 30.9 Å². The van der Waals surface area contributed by atoms with Gasteiger partial charge in [0, 0.05) is 30.2 Å². The maximum absolute atomic E-state index is 13.2. The van der Waals surface area contributed by atoms with Crippen molar-refractivity contribution in [2.24, 2.45) is 0 Å². The van der Waals surface area contributed by atoms with Crippen molar-refractivity contribution in [1.29, 1.82) is 0 Å². The highest BCUT2D eigenvalue weighted by Gasteiger charge is 2.30. The first-order valence-electron chi connectivity index (χ1n) is 14.0. The first-order valence-corrected chi connectivity index (χ1v) is 14.0. The summed E-state index contributed by atoms with van der Waals surface area (Å²) >= 11 is 0. The van der Waals surface area contributed by atoms with Crippen molar-refractivity contribution in [3.63, 3.8) is 0 Å². The molecule has 47 heavy (non-hydrogen) atoms. The monoisotopic (exact) mass is 635 g/mol. The molecule has 16 heteroatoms. The third kappa shape index (κ3) is 6.28. The van der Waals surface area contributed by atoms with Crippen LogP contribution in [0.4, 0.5) is 11.4 Å².